The van der Waals surface area contributed by atoms with Crippen LogP contribution < -0.4 is 5.32 Å². The lowest BCUT2D eigenvalue weighted by Crippen LogP contribution is -2.32. The average molecular weight is 463 g/mol. The van der Waals surface area contributed by atoms with E-state index < -0.39 is 17.6 Å². The topological polar surface area (TPSA) is 58.4 Å². The minimum absolute atomic E-state index is 0.0357. The molecule has 5 nitrogen and oxygen atoms in total. The monoisotopic (exact) mass is 463 g/mol. The smallest absolute Gasteiger partial charge is 0.416 e. The Balaban J connectivity index is 1.83. The molecule has 0 spiro atoms. The lowest BCUT2D eigenvalue weighted by atomic mass is 10.1. The van der Waals surface area contributed by atoms with Crippen molar-refractivity contribution in [3.8, 4) is 0 Å². The van der Waals surface area contributed by atoms with Gasteiger partial charge in [-0.3, -0.25) is 9.69 Å². The van der Waals surface area contributed by atoms with Gasteiger partial charge >= 0.3 is 6.18 Å². The highest BCUT2D eigenvalue weighted by atomic mass is 19.4. The first-order valence-corrected chi connectivity index (χ1v) is 10.5. The van der Waals surface area contributed by atoms with Gasteiger partial charge in [0.05, 0.1) is 12.1 Å². The van der Waals surface area contributed by atoms with Gasteiger partial charge in [0.25, 0.3) is 5.91 Å². The first-order valence-electron chi connectivity index (χ1n) is 10.5. The van der Waals surface area contributed by atoms with Crippen LogP contribution in [0.1, 0.15) is 53.3 Å². The number of hydrogen-bond acceptors (Lipinski definition) is 4. The molecule has 2 aromatic carbocycles. The number of oxazole rings is 1. The molecule has 0 saturated heterocycles. The maximum atomic E-state index is 13.5. The maximum absolute atomic E-state index is 13.5. The van der Waals surface area contributed by atoms with Gasteiger partial charge in [-0.15, -0.1) is 0 Å². The normalized spacial score (nSPS) is 12.7. The Kier molecular flexibility index (Phi) is 7.86. The number of aromatic nitrogens is 1. The molecular formula is C24H25F4N3O2. The van der Waals surface area contributed by atoms with E-state index in [2.05, 4.69) is 10.3 Å². The second-order valence-corrected chi connectivity index (χ2v) is 7.84. The Morgan fingerprint density at radius 2 is 1.79 bits per heavy atom. The Morgan fingerprint density at radius 3 is 2.45 bits per heavy atom. The van der Waals surface area contributed by atoms with E-state index in [1.165, 1.54) is 30.5 Å². The van der Waals surface area contributed by atoms with Crippen molar-refractivity contribution < 1.29 is 26.8 Å². The van der Waals surface area contributed by atoms with Crippen molar-refractivity contribution in [1.29, 1.82) is 0 Å². The lowest BCUT2D eigenvalue weighted by molar-refractivity contribution is -0.138. The summed E-state index contributed by atoms with van der Waals surface area (Å²) >= 11 is 0. The molecule has 0 aliphatic carbocycles. The molecule has 176 valence electrons. The average Bonchev–Trinajstić information content (AvgIpc) is 3.23. The zero-order chi connectivity index (χ0) is 24.0. The summed E-state index contributed by atoms with van der Waals surface area (Å²) < 4.78 is 59.2. The zero-order valence-corrected chi connectivity index (χ0v) is 18.3. The minimum atomic E-state index is -4.50. The van der Waals surface area contributed by atoms with Crippen LogP contribution in [0.2, 0.25) is 0 Å². The maximum Gasteiger partial charge on any atom is 0.416 e. The van der Waals surface area contributed by atoms with Crippen molar-refractivity contribution in [3.63, 3.8) is 0 Å². The predicted octanol–water partition coefficient (Wildman–Crippen LogP) is 5.56. The van der Waals surface area contributed by atoms with Gasteiger partial charge in [-0.2, -0.15) is 13.2 Å². The highest BCUT2D eigenvalue weighted by molar-refractivity contribution is 5.92. The van der Waals surface area contributed by atoms with Crippen LogP contribution >= 0.6 is 0 Å². The van der Waals surface area contributed by atoms with Crippen molar-refractivity contribution in [2.24, 2.45) is 0 Å². The molecule has 0 aliphatic heterocycles. The van der Waals surface area contributed by atoms with Gasteiger partial charge in [0, 0.05) is 19.1 Å². The van der Waals surface area contributed by atoms with E-state index in [0.29, 0.717) is 5.56 Å². The fourth-order valence-electron chi connectivity index (χ4n) is 3.27. The van der Waals surface area contributed by atoms with Crippen LogP contribution in [0.5, 0.6) is 0 Å². The van der Waals surface area contributed by atoms with Gasteiger partial charge in [0.15, 0.2) is 5.69 Å². The number of amides is 1. The molecule has 9 heteroatoms. The molecule has 0 bridgehead atoms. The Labute approximate surface area is 189 Å². The summed E-state index contributed by atoms with van der Waals surface area (Å²) in [7, 11) is 0. The third-order valence-corrected chi connectivity index (χ3v) is 5.17. The molecule has 0 fully saturated rings. The van der Waals surface area contributed by atoms with Crippen LogP contribution in [0.3, 0.4) is 0 Å². The van der Waals surface area contributed by atoms with Crippen LogP contribution in [-0.4, -0.2) is 21.8 Å². The van der Waals surface area contributed by atoms with Crippen molar-refractivity contribution in [1.82, 2.24) is 15.2 Å². The van der Waals surface area contributed by atoms with Gasteiger partial charge in [-0.25, -0.2) is 9.37 Å². The third-order valence-electron chi connectivity index (χ3n) is 5.17. The van der Waals surface area contributed by atoms with Crippen LogP contribution in [0, 0.1) is 5.82 Å². The number of carbonyl (C=O) groups is 1. The summed E-state index contributed by atoms with van der Waals surface area (Å²) in [5.41, 5.74) is 0.174. The van der Waals surface area contributed by atoms with Crippen LogP contribution in [-0.2, 0) is 25.8 Å². The zero-order valence-electron chi connectivity index (χ0n) is 18.3. The highest BCUT2D eigenvalue weighted by Gasteiger charge is 2.33. The summed E-state index contributed by atoms with van der Waals surface area (Å²) in [5, 5.41) is 2.79. The van der Waals surface area contributed by atoms with Crippen molar-refractivity contribution in [2.75, 3.05) is 0 Å². The number of carbonyl (C=O) groups excluding carboxylic acids is 1. The van der Waals surface area contributed by atoms with Gasteiger partial charge in [-0.05, 0) is 42.7 Å². The molecule has 0 aliphatic rings. The van der Waals surface area contributed by atoms with Crippen molar-refractivity contribution in [2.45, 2.75) is 52.1 Å². The largest absolute Gasteiger partial charge is 0.447 e. The summed E-state index contributed by atoms with van der Waals surface area (Å²) in [4.78, 5) is 18.2. The fraction of sp³-hybridized carbons (Fsp3) is 0.333. The summed E-state index contributed by atoms with van der Waals surface area (Å²) in [5.74, 6) is -0.597. The van der Waals surface area contributed by atoms with Crippen LogP contribution in [0.25, 0.3) is 0 Å². The van der Waals surface area contributed by atoms with Gasteiger partial charge in [0.1, 0.15) is 12.1 Å². The summed E-state index contributed by atoms with van der Waals surface area (Å²) in [6.07, 6.45) is -2.52. The van der Waals surface area contributed by atoms with Gasteiger partial charge in [0.2, 0.25) is 5.89 Å². The lowest BCUT2D eigenvalue weighted by Gasteiger charge is -2.23. The molecule has 0 unspecified atom stereocenters. The molecule has 0 radical (unpaired) electrons. The van der Waals surface area contributed by atoms with Crippen molar-refractivity contribution in [3.05, 3.63) is 88.9 Å². The Morgan fingerprint density at radius 1 is 1.09 bits per heavy atom. The quantitative estimate of drug-likeness (QED) is 0.422. The summed E-state index contributed by atoms with van der Waals surface area (Å²) in [6.45, 7) is 4.03. The summed E-state index contributed by atoms with van der Waals surface area (Å²) in [6, 6.07) is 11.0. The van der Waals surface area contributed by atoms with Gasteiger partial charge in [-0.1, -0.05) is 37.3 Å². The number of alkyl halides is 3. The SMILES string of the molecule is CC[C@H](C)NC(=O)c1coc(CN(Cc2ccc(F)cc2)Cc2ccccc2C(F)(F)F)n1. The highest BCUT2D eigenvalue weighted by Crippen LogP contribution is 2.32. The number of hydrogen-bond donors (Lipinski definition) is 1. The number of halogens is 4. The van der Waals surface area contributed by atoms with Crippen molar-refractivity contribution >= 4 is 5.91 Å². The number of nitrogens with zero attached hydrogens (tertiary/aromatic N) is 2. The first kappa shape index (κ1) is 24.4. The standard InChI is InChI=1S/C24H25F4N3O2/c1-3-16(2)29-23(32)21-15-33-22(30-21)14-31(12-17-8-10-19(25)11-9-17)13-18-6-4-5-7-20(18)24(26,27)28/h4-11,15-16H,3,12-14H2,1-2H3,(H,29,32)/t16-/m0/s1. The molecule has 0 saturated carbocycles. The predicted molar refractivity (Wildman–Crippen MR) is 115 cm³/mol. The molecule has 3 rings (SSSR count). The third kappa shape index (κ3) is 6.89. The Hall–Kier alpha value is -3.20. The van der Waals surface area contributed by atoms with E-state index in [-0.39, 0.29) is 48.7 Å². The minimum Gasteiger partial charge on any atom is -0.447 e. The van der Waals surface area contributed by atoms with Crippen LogP contribution in [0.4, 0.5) is 17.6 Å². The fourth-order valence-corrected chi connectivity index (χ4v) is 3.27. The molecule has 1 amide bonds. The van der Waals surface area contributed by atoms with E-state index in [4.69, 9.17) is 4.42 Å². The van der Waals surface area contributed by atoms with Crippen LogP contribution in [0.15, 0.2) is 59.2 Å². The van der Waals surface area contributed by atoms with E-state index in [0.717, 1.165) is 12.5 Å². The molecule has 1 N–H and O–H groups in total. The first-order chi connectivity index (χ1) is 15.7. The molecule has 1 aromatic heterocycles. The number of rotatable bonds is 9. The number of benzene rings is 2. The van der Waals surface area contributed by atoms with Gasteiger partial charge < -0.3 is 9.73 Å². The second kappa shape index (κ2) is 10.6. The molecule has 1 heterocycles. The molecule has 33 heavy (non-hydrogen) atoms. The van der Waals surface area contributed by atoms with E-state index in [9.17, 15) is 22.4 Å². The van der Waals surface area contributed by atoms with E-state index in [1.54, 1.807) is 23.1 Å². The van der Waals surface area contributed by atoms with E-state index >= 15 is 0 Å². The molecule has 1 atom stereocenters. The molecular weight excluding hydrogens is 438 g/mol. The molecule has 3 aromatic rings. The Bertz CT molecular complexity index is 1060. The number of nitrogens with one attached hydrogen (secondary N) is 1. The second-order valence-electron chi connectivity index (χ2n) is 7.84. The van der Waals surface area contributed by atoms with E-state index in [1.807, 2.05) is 13.8 Å².